The lowest BCUT2D eigenvalue weighted by Crippen LogP contribution is -2.13. The summed E-state index contributed by atoms with van der Waals surface area (Å²) >= 11 is 18.1. The Hall–Kier alpha value is -0.930. The van der Waals surface area contributed by atoms with Crippen molar-refractivity contribution >= 4 is 34.8 Å². The monoisotopic (exact) mass is 343 g/mol. The summed E-state index contributed by atoms with van der Waals surface area (Å²) in [6.45, 7) is 3.90. The molecule has 0 saturated carbocycles. The van der Waals surface area contributed by atoms with E-state index in [0.717, 1.165) is 25.1 Å². The minimum absolute atomic E-state index is 0.522. The van der Waals surface area contributed by atoms with Crippen LogP contribution in [-0.2, 0) is 6.54 Å². The molecule has 2 aromatic carbocycles. The predicted octanol–water partition coefficient (Wildman–Crippen LogP) is 5.94. The van der Waals surface area contributed by atoms with Gasteiger partial charge in [-0.15, -0.1) is 0 Å². The second-order valence-corrected chi connectivity index (χ2v) is 5.93. The van der Waals surface area contributed by atoms with E-state index >= 15 is 0 Å². The van der Waals surface area contributed by atoms with Gasteiger partial charge in [-0.3, -0.25) is 0 Å². The molecule has 0 amide bonds. The number of rotatable bonds is 6. The Kier molecular flexibility index (Phi) is 6.19. The quantitative estimate of drug-likeness (QED) is 0.655. The first-order valence-corrected chi connectivity index (χ1v) is 7.85. The van der Waals surface area contributed by atoms with Crippen molar-refractivity contribution in [2.75, 3.05) is 6.54 Å². The fraction of sp³-hybridized carbons (Fsp3) is 0.250. The number of hydrogen-bond donors (Lipinski definition) is 1. The summed E-state index contributed by atoms with van der Waals surface area (Å²) in [6.07, 6.45) is 1.10. The number of ether oxygens (including phenoxy) is 1. The van der Waals surface area contributed by atoms with E-state index in [0.29, 0.717) is 26.6 Å². The molecular weight excluding hydrogens is 329 g/mol. The van der Waals surface area contributed by atoms with Crippen LogP contribution in [-0.4, -0.2) is 6.54 Å². The predicted molar refractivity (Wildman–Crippen MR) is 90.0 cm³/mol. The zero-order valence-electron chi connectivity index (χ0n) is 11.6. The Bertz CT molecular complexity index is 596. The molecule has 0 radical (unpaired) electrons. The fourth-order valence-electron chi connectivity index (χ4n) is 1.86. The zero-order valence-corrected chi connectivity index (χ0v) is 13.9. The molecule has 2 nitrogen and oxygen atoms in total. The van der Waals surface area contributed by atoms with Crippen LogP contribution in [0.15, 0.2) is 36.4 Å². The van der Waals surface area contributed by atoms with Gasteiger partial charge in [-0.2, -0.15) is 0 Å². The lowest BCUT2D eigenvalue weighted by molar-refractivity contribution is 0.482. The smallest absolute Gasteiger partial charge is 0.146 e. The molecule has 112 valence electrons. The van der Waals surface area contributed by atoms with Crippen LogP contribution in [0.2, 0.25) is 15.1 Å². The van der Waals surface area contributed by atoms with Gasteiger partial charge in [0.25, 0.3) is 0 Å². The van der Waals surface area contributed by atoms with Crippen LogP contribution in [0, 0.1) is 0 Å². The fourth-order valence-corrected chi connectivity index (χ4v) is 2.61. The van der Waals surface area contributed by atoms with Crippen LogP contribution in [0.25, 0.3) is 0 Å². The normalized spacial score (nSPS) is 10.7. The Morgan fingerprint density at radius 1 is 1.00 bits per heavy atom. The molecular formula is C16H16Cl3NO. The molecule has 2 aromatic rings. The van der Waals surface area contributed by atoms with Crippen molar-refractivity contribution < 1.29 is 4.74 Å². The highest BCUT2D eigenvalue weighted by Gasteiger charge is 2.06. The van der Waals surface area contributed by atoms with E-state index in [1.165, 1.54) is 0 Å². The van der Waals surface area contributed by atoms with Gasteiger partial charge in [-0.05, 0) is 48.9 Å². The molecule has 0 aliphatic rings. The summed E-state index contributed by atoms with van der Waals surface area (Å²) in [5.41, 5.74) is 1.12. The average Bonchev–Trinajstić information content (AvgIpc) is 2.41. The highest BCUT2D eigenvalue weighted by molar-refractivity contribution is 6.34. The maximum atomic E-state index is 6.25. The zero-order chi connectivity index (χ0) is 15.2. The second kappa shape index (κ2) is 7.90. The largest absolute Gasteiger partial charge is 0.456 e. The Labute approximate surface area is 140 Å². The van der Waals surface area contributed by atoms with Crippen molar-refractivity contribution in [1.82, 2.24) is 5.32 Å². The molecule has 0 aliphatic heterocycles. The summed E-state index contributed by atoms with van der Waals surface area (Å²) in [6, 6.07) is 10.8. The first-order chi connectivity index (χ1) is 10.1. The summed E-state index contributed by atoms with van der Waals surface area (Å²) in [4.78, 5) is 0. The standard InChI is InChI=1S/C16H16Cl3NO/c1-2-5-20-10-11-3-4-16(15(19)6-11)21-14-8-12(17)7-13(18)9-14/h3-4,6-9,20H,2,5,10H2,1H3. The Morgan fingerprint density at radius 2 is 1.71 bits per heavy atom. The van der Waals surface area contributed by atoms with Crippen LogP contribution in [0.4, 0.5) is 0 Å². The highest BCUT2D eigenvalue weighted by Crippen LogP contribution is 2.33. The van der Waals surface area contributed by atoms with Crippen molar-refractivity contribution in [3.63, 3.8) is 0 Å². The molecule has 0 spiro atoms. The van der Waals surface area contributed by atoms with E-state index in [4.69, 9.17) is 39.5 Å². The lowest BCUT2D eigenvalue weighted by atomic mass is 10.2. The molecule has 0 aliphatic carbocycles. The summed E-state index contributed by atoms with van der Waals surface area (Å²) in [5, 5.41) is 4.93. The van der Waals surface area contributed by atoms with E-state index in [9.17, 15) is 0 Å². The Balaban J connectivity index is 2.10. The number of benzene rings is 2. The van der Waals surface area contributed by atoms with E-state index in [1.54, 1.807) is 18.2 Å². The minimum Gasteiger partial charge on any atom is -0.456 e. The van der Waals surface area contributed by atoms with Gasteiger partial charge in [0.1, 0.15) is 11.5 Å². The maximum Gasteiger partial charge on any atom is 0.146 e. The molecule has 0 saturated heterocycles. The molecule has 5 heteroatoms. The van der Waals surface area contributed by atoms with Gasteiger partial charge >= 0.3 is 0 Å². The molecule has 0 heterocycles. The van der Waals surface area contributed by atoms with Gasteiger partial charge in [-0.25, -0.2) is 0 Å². The van der Waals surface area contributed by atoms with Gasteiger partial charge in [0.05, 0.1) is 5.02 Å². The molecule has 0 fully saturated rings. The minimum atomic E-state index is 0.522. The summed E-state index contributed by atoms with van der Waals surface area (Å²) in [5.74, 6) is 1.14. The molecule has 0 bridgehead atoms. The van der Waals surface area contributed by atoms with Crippen LogP contribution in [0.1, 0.15) is 18.9 Å². The van der Waals surface area contributed by atoms with Crippen LogP contribution in [0.5, 0.6) is 11.5 Å². The van der Waals surface area contributed by atoms with Gasteiger partial charge in [0.15, 0.2) is 0 Å². The molecule has 0 unspecified atom stereocenters. The van der Waals surface area contributed by atoms with Crippen molar-refractivity contribution in [2.45, 2.75) is 19.9 Å². The molecule has 0 atom stereocenters. The van der Waals surface area contributed by atoms with Gasteiger partial charge in [-0.1, -0.05) is 47.8 Å². The molecule has 2 rings (SSSR count). The third-order valence-corrected chi connectivity index (χ3v) is 3.55. The van der Waals surface area contributed by atoms with Crippen LogP contribution >= 0.6 is 34.8 Å². The third-order valence-electron chi connectivity index (χ3n) is 2.82. The van der Waals surface area contributed by atoms with Crippen molar-refractivity contribution in [2.24, 2.45) is 0 Å². The molecule has 1 N–H and O–H groups in total. The Morgan fingerprint density at radius 3 is 2.33 bits per heavy atom. The SMILES string of the molecule is CCCNCc1ccc(Oc2cc(Cl)cc(Cl)c2)c(Cl)c1. The van der Waals surface area contributed by atoms with Gasteiger partial charge in [0.2, 0.25) is 0 Å². The number of halogens is 3. The maximum absolute atomic E-state index is 6.25. The summed E-state index contributed by atoms with van der Waals surface area (Å²) in [7, 11) is 0. The first-order valence-electron chi connectivity index (χ1n) is 6.71. The number of nitrogens with one attached hydrogen (secondary N) is 1. The highest BCUT2D eigenvalue weighted by atomic mass is 35.5. The third kappa shape index (κ3) is 5.08. The van der Waals surface area contributed by atoms with Crippen LogP contribution < -0.4 is 10.1 Å². The second-order valence-electron chi connectivity index (χ2n) is 4.65. The van der Waals surface area contributed by atoms with Crippen molar-refractivity contribution in [3.8, 4) is 11.5 Å². The molecule has 21 heavy (non-hydrogen) atoms. The van der Waals surface area contributed by atoms with E-state index in [1.807, 2.05) is 18.2 Å². The van der Waals surface area contributed by atoms with Crippen molar-refractivity contribution in [3.05, 3.63) is 57.0 Å². The van der Waals surface area contributed by atoms with Gasteiger partial charge < -0.3 is 10.1 Å². The van der Waals surface area contributed by atoms with E-state index in [-0.39, 0.29) is 0 Å². The van der Waals surface area contributed by atoms with Crippen LogP contribution in [0.3, 0.4) is 0 Å². The lowest BCUT2D eigenvalue weighted by Gasteiger charge is -2.10. The van der Waals surface area contributed by atoms with E-state index in [2.05, 4.69) is 12.2 Å². The average molecular weight is 345 g/mol. The first kappa shape index (κ1) is 16.4. The van der Waals surface area contributed by atoms with Gasteiger partial charge in [0, 0.05) is 16.6 Å². The summed E-state index contributed by atoms with van der Waals surface area (Å²) < 4.78 is 5.73. The molecule has 0 aromatic heterocycles. The van der Waals surface area contributed by atoms with Crippen molar-refractivity contribution in [1.29, 1.82) is 0 Å². The van der Waals surface area contributed by atoms with E-state index < -0.39 is 0 Å². The topological polar surface area (TPSA) is 21.3 Å². The number of hydrogen-bond acceptors (Lipinski definition) is 2.